The summed E-state index contributed by atoms with van der Waals surface area (Å²) in [6.07, 6.45) is 4.07. The number of methoxy groups -OCH3 is 1. The van der Waals surface area contributed by atoms with Gasteiger partial charge in [0, 0.05) is 21.2 Å². The molecule has 28 heavy (non-hydrogen) atoms. The van der Waals surface area contributed by atoms with E-state index in [1.807, 2.05) is 6.08 Å². The first-order valence-electron chi connectivity index (χ1n) is 8.82. The molecule has 4 rings (SSSR count). The van der Waals surface area contributed by atoms with Gasteiger partial charge in [-0.15, -0.1) is 0 Å². The molecule has 0 unspecified atom stereocenters. The van der Waals surface area contributed by atoms with Crippen LogP contribution in [0.2, 0.25) is 10.0 Å². The Hall–Kier alpha value is -2.56. The Morgan fingerprint density at radius 1 is 1.14 bits per heavy atom. The maximum Gasteiger partial charge on any atom is 0.337 e. The highest BCUT2D eigenvalue weighted by Gasteiger charge is 2.23. The molecule has 0 saturated carbocycles. The lowest BCUT2D eigenvalue weighted by Gasteiger charge is -2.18. The smallest absolute Gasteiger partial charge is 0.337 e. The van der Waals surface area contributed by atoms with E-state index in [0.717, 1.165) is 18.4 Å². The second-order valence-corrected chi connectivity index (χ2v) is 7.41. The van der Waals surface area contributed by atoms with Crippen molar-refractivity contribution in [3.05, 3.63) is 79.1 Å². The number of rotatable bonds is 2. The number of ether oxygens (including phenoxy) is 1. The van der Waals surface area contributed by atoms with Crippen LogP contribution in [-0.2, 0) is 11.2 Å². The van der Waals surface area contributed by atoms with E-state index in [4.69, 9.17) is 32.4 Å². The Morgan fingerprint density at radius 2 is 1.89 bits per heavy atom. The van der Waals surface area contributed by atoms with Crippen LogP contribution in [0.3, 0.4) is 0 Å². The summed E-state index contributed by atoms with van der Waals surface area (Å²) in [6.45, 7) is 0. The Balaban J connectivity index is 1.91. The van der Waals surface area contributed by atoms with Crippen molar-refractivity contribution in [2.45, 2.75) is 19.3 Å². The largest absolute Gasteiger partial charge is 0.465 e. The molecular weight excluding hydrogens is 399 g/mol. The molecule has 1 aliphatic carbocycles. The van der Waals surface area contributed by atoms with Gasteiger partial charge in [-0.3, -0.25) is 4.79 Å². The van der Waals surface area contributed by atoms with Crippen LogP contribution in [-0.4, -0.2) is 13.1 Å². The van der Waals surface area contributed by atoms with Crippen molar-refractivity contribution in [2.24, 2.45) is 0 Å². The number of fused-ring (bicyclic) bond motifs is 2. The standard InChI is InChI=1S/C22H16Cl2O4/c1-27-22(26)13-8-9-19-16(11-13)20(25)14-5-2-4-12(21(14)28-19)10-15-17(23)6-3-7-18(15)24/h3,6-11H,2,4-5H2,1H3. The maximum absolute atomic E-state index is 13.1. The van der Waals surface area contributed by atoms with E-state index in [-0.39, 0.29) is 5.43 Å². The molecule has 1 aliphatic rings. The summed E-state index contributed by atoms with van der Waals surface area (Å²) in [5, 5.41) is 1.45. The van der Waals surface area contributed by atoms with Crippen molar-refractivity contribution in [2.75, 3.05) is 7.11 Å². The zero-order valence-electron chi connectivity index (χ0n) is 15.1. The number of halogens is 2. The number of hydrogen-bond donors (Lipinski definition) is 0. The van der Waals surface area contributed by atoms with Gasteiger partial charge in [0.15, 0.2) is 5.43 Å². The highest BCUT2D eigenvalue weighted by atomic mass is 35.5. The predicted octanol–water partition coefficient (Wildman–Crippen LogP) is 5.76. The maximum atomic E-state index is 13.1. The molecule has 0 spiro atoms. The van der Waals surface area contributed by atoms with Gasteiger partial charge in [0.2, 0.25) is 0 Å². The number of carbonyl (C=O) groups excluding carboxylic acids is 1. The van der Waals surface area contributed by atoms with E-state index in [2.05, 4.69) is 0 Å². The number of esters is 1. The molecule has 0 radical (unpaired) electrons. The SMILES string of the molecule is COC(=O)c1ccc2oc3c(c(=O)c2c1)CCCC3=Cc1c(Cl)cccc1Cl. The first kappa shape index (κ1) is 18.8. The molecule has 0 N–H and O–H groups in total. The molecule has 0 saturated heterocycles. The molecule has 6 heteroatoms. The second kappa shape index (κ2) is 7.46. The van der Waals surface area contributed by atoms with Gasteiger partial charge in [-0.05, 0) is 61.2 Å². The molecule has 0 fully saturated rings. The summed E-state index contributed by atoms with van der Waals surface area (Å²) < 4.78 is 10.8. The van der Waals surface area contributed by atoms with Crippen LogP contribution in [0, 0.1) is 0 Å². The molecule has 2 aromatic carbocycles. The molecule has 0 bridgehead atoms. The first-order chi connectivity index (χ1) is 13.5. The van der Waals surface area contributed by atoms with Crippen LogP contribution in [0.15, 0.2) is 45.6 Å². The van der Waals surface area contributed by atoms with E-state index in [9.17, 15) is 9.59 Å². The third-order valence-electron chi connectivity index (χ3n) is 4.89. The van der Waals surface area contributed by atoms with Crippen molar-refractivity contribution >= 4 is 51.8 Å². The van der Waals surface area contributed by atoms with Crippen LogP contribution in [0.4, 0.5) is 0 Å². The zero-order chi connectivity index (χ0) is 19.8. The Morgan fingerprint density at radius 3 is 2.61 bits per heavy atom. The minimum Gasteiger partial charge on any atom is -0.465 e. The first-order valence-corrected chi connectivity index (χ1v) is 9.58. The van der Waals surface area contributed by atoms with Crippen molar-refractivity contribution in [3.63, 3.8) is 0 Å². The monoisotopic (exact) mass is 414 g/mol. The number of benzene rings is 2. The van der Waals surface area contributed by atoms with E-state index in [1.54, 1.807) is 30.3 Å². The second-order valence-electron chi connectivity index (χ2n) is 6.60. The van der Waals surface area contributed by atoms with Gasteiger partial charge in [-0.1, -0.05) is 29.3 Å². The zero-order valence-corrected chi connectivity index (χ0v) is 16.6. The highest BCUT2D eigenvalue weighted by Crippen LogP contribution is 2.36. The Bertz CT molecular complexity index is 1170. The molecule has 1 heterocycles. The quantitative estimate of drug-likeness (QED) is 0.499. The lowest BCUT2D eigenvalue weighted by molar-refractivity contribution is 0.0601. The topological polar surface area (TPSA) is 56.5 Å². The van der Waals surface area contributed by atoms with Gasteiger partial charge in [-0.25, -0.2) is 4.79 Å². The van der Waals surface area contributed by atoms with Gasteiger partial charge >= 0.3 is 5.97 Å². The van der Waals surface area contributed by atoms with Crippen LogP contribution in [0.5, 0.6) is 0 Å². The minimum absolute atomic E-state index is 0.127. The fourth-order valence-corrected chi connectivity index (χ4v) is 4.00. The summed E-state index contributed by atoms with van der Waals surface area (Å²) in [5.41, 5.74) is 2.81. The van der Waals surface area contributed by atoms with E-state index >= 15 is 0 Å². The molecule has 3 aromatic rings. The average Bonchev–Trinajstić information content (AvgIpc) is 2.70. The molecule has 4 nitrogen and oxygen atoms in total. The van der Waals surface area contributed by atoms with Crippen LogP contribution >= 0.6 is 23.2 Å². The molecule has 0 amide bonds. The van der Waals surface area contributed by atoms with Gasteiger partial charge < -0.3 is 9.15 Å². The highest BCUT2D eigenvalue weighted by molar-refractivity contribution is 6.37. The van der Waals surface area contributed by atoms with Crippen LogP contribution in [0.1, 0.15) is 40.1 Å². The molecular formula is C22H16Cl2O4. The third kappa shape index (κ3) is 3.23. The Kier molecular flexibility index (Phi) is 5.00. The lowest BCUT2D eigenvalue weighted by Crippen LogP contribution is -2.16. The van der Waals surface area contributed by atoms with E-state index in [1.165, 1.54) is 13.2 Å². The number of allylic oxidation sites excluding steroid dienone is 1. The van der Waals surface area contributed by atoms with Crippen LogP contribution < -0.4 is 5.43 Å². The minimum atomic E-state index is -0.493. The van der Waals surface area contributed by atoms with Crippen molar-refractivity contribution in [3.8, 4) is 0 Å². The normalized spacial score (nSPS) is 14.9. The predicted molar refractivity (Wildman–Crippen MR) is 111 cm³/mol. The molecule has 142 valence electrons. The van der Waals surface area contributed by atoms with Gasteiger partial charge in [0.25, 0.3) is 0 Å². The summed E-state index contributed by atoms with van der Waals surface area (Å²) in [4.78, 5) is 24.9. The fraction of sp³-hybridized carbons (Fsp3) is 0.182. The lowest BCUT2D eigenvalue weighted by atomic mass is 9.90. The third-order valence-corrected chi connectivity index (χ3v) is 5.55. The average molecular weight is 415 g/mol. The van der Waals surface area contributed by atoms with Gasteiger partial charge in [0.1, 0.15) is 11.3 Å². The summed E-state index contributed by atoms with van der Waals surface area (Å²) >= 11 is 12.6. The molecule has 0 atom stereocenters. The van der Waals surface area contributed by atoms with Gasteiger partial charge in [0.05, 0.1) is 18.1 Å². The van der Waals surface area contributed by atoms with E-state index in [0.29, 0.717) is 49.9 Å². The summed E-state index contributed by atoms with van der Waals surface area (Å²) in [7, 11) is 1.30. The van der Waals surface area contributed by atoms with Crippen LogP contribution in [0.25, 0.3) is 22.6 Å². The summed E-state index contributed by atoms with van der Waals surface area (Å²) in [5.74, 6) is 0.0681. The van der Waals surface area contributed by atoms with Crippen molar-refractivity contribution < 1.29 is 13.9 Å². The summed E-state index contributed by atoms with van der Waals surface area (Å²) in [6, 6.07) is 10.1. The fourth-order valence-electron chi connectivity index (χ4n) is 3.49. The molecule has 0 aliphatic heterocycles. The Labute approximate surface area is 171 Å². The molecule has 1 aromatic heterocycles. The number of carbonyl (C=O) groups is 1. The van der Waals surface area contributed by atoms with Crippen molar-refractivity contribution in [1.29, 1.82) is 0 Å². The van der Waals surface area contributed by atoms with Crippen molar-refractivity contribution in [1.82, 2.24) is 0 Å². The number of hydrogen-bond acceptors (Lipinski definition) is 4. The van der Waals surface area contributed by atoms with Gasteiger partial charge in [-0.2, -0.15) is 0 Å². The van der Waals surface area contributed by atoms with E-state index < -0.39 is 5.97 Å².